The first-order chi connectivity index (χ1) is 10.4. The molecule has 3 nitrogen and oxygen atoms in total. The van der Waals surface area contributed by atoms with E-state index in [1.165, 1.54) is 5.56 Å². The number of anilines is 1. The number of benzene rings is 2. The molecule has 2 rings (SSSR count). The number of halogens is 2. The maximum absolute atomic E-state index is 12.2. The van der Waals surface area contributed by atoms with Crippen LogP contribution in [-0.2, 0) is 4.79 Å². The standard InChI is InChI=1S/C17H17Cl2NO2/c1-10-4-6-14(8-11(10)2)22-12(3)17(21)20-16-7-5-13(18)9-15(16)19/h4-9,12H,1-3H3,(H,20,21)/t12-/m0/s1. The first-order valence-electron chi connectivity index (χ1n) is 6.86. The van der Waals surface area contributed by atoms with Gasteiger partial charge in [-0.2, -0.15) is 0 Å². The summed E-state index contributed by atoms with van der Waals surface area (Å²) in [6.45, 7) is 5.71. The molecule has 0 bridgehead atoms. The second-order valence-electron chi connectivity index (χ2n) is 5.12. The molecule has 0 spiro atoms. The average Bonchev–Trinajstić information content (AvgIpc) is 2.45. The summed E-state index contributed by atoms with van der Waals surface area (Å²) in [5.74, 6) is 0.385. The van der Waals surface area contributed by atoms with Crippen LogP contribution in [0.1, 0.15) is 18.1 Å². The van der Waals surface area contributed by atoms with E-state index in [4.69, 9.17) is 27.9 Å². The molecule has 1 atom stereocenters. The van der Waals surface area contributed by atoms with E-state index in [0.717, 1.165) is 5.56 Å². The molecule has 0 aliphatic heterocycles. The predicted octanol–water partition coefficient (Wildman–Crippen LogP) is 5.02. The van der Waals surface area contributed by atoms with E-state index < -0.39 is 6.10 Å². The van der Waals surface area contributed by atoms with Gasteiger partial charge in [0.25, 0.3) is 5.91 Å². The van der Waals surface area contributed by atoms with E-state index in [1.54, 1.807) is 25.1 Å². The molecule has 0 saturated heterocycles. The maximum atomic E-state index is 12.2. The van der Waals surface area contributed by atoms with Crippen LogP contribution in [0.2, 0.25) is 10.0 Å². The Labute approximate surface area is 140 Å². The van der Waals surface area contributed by atoms with Gasteiger partial charge in [-0.05, 0) is 62.2 Å². The fraction of sp³-hybridized carbons (Fsp3) is 0.235. The normalized spacial score (nSPS) is 11.9. The summed E-state index contributed by atoms with van der Waals surface area (Å²) in [6, 6.07) is 10.6. The Balaban J connectivity index is 2.04. The zero-order valence-corrected chi connectivity index (χ0v) is 14.1. The van der Waals surface area contributed by atoms with Gasteiger partial charge < -0.3 is 10.1 Å². The first kappa shape index (κ1) is 16.7. The van der Waals surface area contributed by atoms with Crippen molar-refractivity contribution in [3.63, 3.8) is 0 Å². The lowest BCUT2D eigenvalue weighted by atomic mass is 10.1. The van der Waals surface area contributed by atoms with Crippen molar-refractivity contribution in [2.24, 2.45) is 0 Å². The minimum atomic E-state index is -0.645. The second-order valence-corrected chi connectivity index (χ2v) is 5.96. The summed E-state index contributed by atoms with van der Waals surface area (Å²) < 4.78 is 5.67. The van der Waals surface area contributed by atoms with Gasteiger partial charge >= 0.3 is 0 Å². The van der Waals surface area contributed by atoms with Crippen molar-refractivity contribution in [2.75, 3.05) is 5.32 Å². The number of ether oxygens (including phenoxy) is 1. The first-order valence-corrected chi connectivity index (χ1v) is 7.62. The van der Waals surface area contributed by atoms with Gasteiger partial charge in [0.05, 0.1) is 10.7 Å². The van der Waals surface area contributed by atoms with Crippen LogP contribution in [0.3, 0.4) is 0 Å². The highest BCUT2D eigenvalue weighted by Gasteiger charge is 2.16. The molecular weight excluding hydrogens is 321 g/mol. The molecule has 0 radical (unpaired) electrons. The minimum absolute atomic E-state index is 0.276. The molecule has 0 aliphatic rings. The van der Waals surface area contributed by atoms with E-state index >= 15 is 0 Å². The Morgan fingerprint density at radius 1 is 1.09 bits per heavy atom. The summed E-state index contributed by atoms with van der Waals surface area (Å²) in [5.41, 5.74) is 2.80. The number of hydrogen-bond donors (Lipinski definition) is 1. The molecule has 0 heterocycles. The lowest BCUT2D eigenvalue weighted by Gasteiger charge is -2.16. The molecule has 116 valence electrons. The summed E-state index contributed by atoms with van der Waals surface area (Å²) in [7, 11) is 0. The molecule has 0 saturated carbocycles. The number of carbonyl (C=O) groups excluding carboxylic acids is 1. The number of aryl methyl sites for hydroxylation is 2. The summed E-state index contributed by atoms with van der Waals surface area (Å²) >= 11 is 11.9. The summed E-state index contributed by atoms with van der Waals surface area (Å²) in [6.07, 6.45) is -0.645. The van der Waals surface area contributed by atoms with Crippen LogP contribution in [0, 0.1) is 13.8 Å². The third-order valence-corrected chi connectivity index (χ3v) is 3.90. The van der Waals surface area contributed by atoms with Crippen molar-refractivity contribution in [1.82, 2.24) is 0 Å². The van der Waals surface area contributed by atoms with Gasteiger partial charge in [0.2, 0.25) is 0 Å². The second kappa shape index (κ2) is 7.03. The Bertz CT molecular complexity index is 701. The SMILES string of the molecule is Cc1ccc(O[C@@H](C)C(=O)Nc2ccc(Cl)cc2Cl)cc1C. The Kier molecular flexibility index (Phi) is 5.33. The molecule has 22 heavy (non-hydrogen) atoms. The smallest absolute Gasteiger partial charge is 0.265 e. The molecule has 1 amide bonds. The summed E-state index contributed by atoms with van der Waals surface area (Å²) in [4.78, 5) is 12.2. The van der Waals surface area contributed by atoms with Crippen molar-refractivity contribution >= 4 is 34.8 Å². The van der Waals surface area contributed by atoms with Crippen LogP contribution in [0.4, 0.5) is 5.69 Å². The van der Waals surface area contributed by atoms with Gasteiger partial charge in [0.15, 0.2) is 6.10 Å². The lowest BCUT2D eigenvalue weighted by molar-refractivity contribution is -0.122. The molecule has 0 aliphatic carbocycles. The predicted molar refractivity (Wildman–Crippen MR) is 91.1 cm³/mol. The van der Waals surface area contributed by atoms with Crippen LogP contribution in [0.15, 0.2) is 36.4 Å². The molecule has 2 aromatic carbocycles. The van der Waals surface area contributed by atoms with Gasteiger partial charge in [-0.25, -0.2) is 0 Å². The molecular formula is C17H17Cl2NO2. The van der Waals surface area contributed by atoms with Crippen LogP contribution < -0.4 is 10.1 Å². The molecule has 5 heteroatoms. The van der Waals surface area contributed by atoms with Crippen LogP contribution in [-0.4, -0.2) is 12.0 Å². The Morgan fingerprint density at radius 3 is 2.45 bits per heavy atom. The fourth-order valence-corrected chi connectivity index (χ4v) is 2.33. The largest absolute Gasteiger partial charge is 0.481 e. The Morgan fingerprint density at radius 2 is 1.82 bits per heavy atom. The molecule has 2 aromatic rings. The third kappa shape index (κ3) is 4.15. The maximum Gasteiger partial charge on any atom is 0.265 e. The zero-order valence-electron chi connectivity index (χ0n) is 12.6. The van der Waals surface area contributed by atoms with Crippen molar-refractivity contribution in [1.29, 1.82) is 0 Å². The minimum Gasteiger partial charge on any atom is -0.481 e. The van der Waals surface area contributed by atoms with Gasteiger partial charge in [-0.15, -0.1) is 0 Å². The van der Waals surface area contributed by atoms with Crippen molar-refractivity contribution in [2.45, 2.75) is 26.9 Å². The van der Waals surface area contributed by atoms with E-state index in [0.29, 0.717) is 21.5 Å². The van der Waals surface area contributed by atoms with Crippen LogP contribution in [0.25, 0.3) is 0 Å². The van der Waals surface area contributed by atoms with Crippen LogP contribution >= 0.6 is 23.2 Å². The number of rotatable bonds is 4. The number of carbonyl (C=O) groups is 1. The molecule has 1 N–H and O–H groups in total. The summed E-state index contributed by atoms with van der Waals surface area (Å²) in [5, 5.41) is 3.63. The van der Waals surface area contributed by atoms with E-state index in [2.05, 4.69) is 5.32 Å². The van der Waals surface area contributed by atoms with Crippen molar-refractivity contribution in [3.05, 3.63) is 57.6 Å². The number of nitrogens with one attached hydrogen (secondary N) is 1. The van der Waals surface area contributed by atoms with Crippen molar-refractivity contribution < 1.29 is 9.53 Å². The highest BCUT2D eigenvalue weighted by molar-refractivity contribution is 6.36. The quantitative estimate of drug-likeness (QED) is 0.850. The number of hydrogen-bond acceptors (Lipinski definition) is 2. The Hall–Kier alpha value is -1.71. The van der Waals surface area contributed by atoms with Gasteiger partial charge in [-0.3, -0.25) is 4.79 Å². The van der Waals surface area contributed by atoms with E-state index in [9.17, 15) is 4.79 Å². The van der Waals surface area contributed by atoms with E-state index in [1.807, 2.05) is 32.0 Å². The van der Waals surface area contributed by atoms with Gasteiger partial charge in [-0.1, -0.05) is 29.3 Å². The van der Waals surface area contributed by atoms with E-state index in [-0.39, 0.29) is 5.91 Å². The van der Waals surface area contributed by atoms with Gasteiger partial charge in [0.1, 0.15) is 5.75 Å². The molecule has 0 unspecified atom stereocenters. The number of amides is 1. The van der Waals surface area contributed by atoms with Crippen LogP contribution in [0.5, 0.6) is 5.75 Å². The van der Waals surface area contributed by atoms with Crippen molar-refractivity contribution in [3.8, 4) is 5.75 Å². The lowest BCUT2D eigenvalue weighted by Crippen LogP contribution is -2.30. The molecule has 0 fully saturated rings. The monoisotopic (exact) mass is 337 g/mol. The fourth-order valence-electron chi connectivity index (χ4n) is 1.87. The highest BCUT2D eigenvalue weighted by Crippen LogP contribution is 2.25. The van der Waals surface area contributed by atoms with Gasteiger partial charge in [0, 0.05) is 5.02 Å². The zero-order chi connectivity index (χ0) is 16.3. The topological polar surface area (TPSA) is 38.3 Å². The molecule has 0 aromatic heterocycles. The average molecular weight is 338 g/mol. The highest BCUT2D eigenvalue weighted by atomic mass is 35.5. The third-order valence-electron chi connectivity index (χ3n) is 3.35.